The summed E-state index contributed by atoms with van der Waals surface area (Å²) < 4.78 is 27.5. The highest BCUT2D eigenvalue weighted by molar-refractivity contribution is 7.89. The second-order valence-electron chi connectivity index (χ2n) is 4.35. The van der Waals surface area contributed by atoms with E-state index < -0.39 is 31.4 Å². The van der Waals surface area contributed by atoms with Crippen molar-refractivity contribution in [3.05, 3.63) is 33.9 Å². The summed E-state index contributed by atoms with van der Waals surface area (Å²) in [5, 5.41) is 18.3. The monoisotopic (exact) mass is 317 g/mol. The summed E-state index contributed by atoms with van der Waals surface area (Å²) in [5.74, 6) is -0.659. The van der Waals surface area contributed by atoms with Gasteiger partial charge in [-0.05, 0) is 13.0 Å². The molecule has 0 radical (unpaired) electrons. The number of nitrogens with two attached hydrogens (primary N) is 1. The third kappa shape index (κ3) is 4.77. The van der Waals surface area contributed by atoms with Gasteiger partial charge in [-0.25, -0.2) is 13.6 Å². The second-order valence-corrected chi connectivity index (χ2v) is 5.91. The molecule has 0 aliphatic carbocycles. The molecule has 1 amide bonds. The number of rotatable bonds is 6. The van der Waals surface area contributed by atoms with Gasteiger partial charge >= 0.3 is 0 Å². The number of sulfonamides is 1. The first kappa shape index (κ1) is 17.0. The average Bonchev–Trinajstić information content (AvgIpc) is 2.37. The van der Waals surface area contributed by atoms with Crippen LogP contribution in [0.3, 0.4) is 0 Å². The predicted molar refractivity (Wildman–Crippen MR) is 73.3 cm³/mol. The molecule has 1 rings (SSSR count). The number of carbonyl (C=O) groups excluding carboxylic acids is 1. The normalized spacial score (nSPS) is 12.7. The average molecular weight is 317 g/mol. The summed E-state index contributed by atoms with van der Waals surface area (Å²) in [7, 11) is -2.71. The lowest BCUT2D eigenvalue weighted by atomic mass is 10.2. The number of nitrogens with zero attached hydrogens (tertiary/aromatic N) is 1. The molecule has 1 aromatic carbocycles. The number of methoxy groups -OCH3 is 1. The summed E-state index contributed by atoms with van der Waals surface area (Å²) in [5.41, 5.74) is -0.706. The molecule has 1 atom stereocenters. The lowest BCUT2D eigenvalue weighted by molar-refractivity contribution is -0.385. The molecular formula is C11H15N3O6S. The molecule has 0 saturated heterocycles. The van der Waals surface area contributed by atoms with Crippen molar-refractivity contribution in [3.8, 4) is 0 Å². The van der Waals surface area contributed by atoms with Crippen LogP contribution in [0, 0.1) is 10.1 Å². The van der Waals surface area contributed by atoms with Crippen LogP contribution in [-0.2, 0) is 14.8 Å². The van der Waals surface area contributed by atoms with Crippen molar-refractivity contribution in [2.24, 2.45) is 5.14 Å². The van der Waals surface area contributed by atoms with E-state index in [1.54, 1.807) is 6.92 Å². The van der Waals surface area contributed by atoms with Gasteiger partial charge < -0.3 is 10.1 Å². The number of amides is 1. The van der Waals surface area contributed by atoms with Crippen molar-refractivity contribution >= 4 is 21.6 Å². The molecule has 0 aliphatic rings. The molecule has 1 aromatic rings. The Bertz CT molecular complexity index is 658. The van der Waals surface area contributed by atoms with Crippen molar-refractivity contribution < 1.29 is 22.9 Å². The van der Waals surface area contributed by atoms with E-state index in [1.807, 2.05) is 0 Å². The van der Waals surface area contributed by atoms with E-state index in [1.165, 1.54) is 7.11 Å². The van der Waals surface area contributed by atoms with Gasteiger partial charge in [0.2, 0.25) is 10.0 Å². The standard InChI is InChI=1S/C11H15N3O6S/c1-7(6-20-2)13-11(15)8-3-9(14(16)17)5-10(4-8)21(12,18)19/h3-5,7H,6H2,1-2H3,(H,13,15)(H2,12,18,19). The Hall–Kier alpha value is -2.04. The van der Waals surface area contributed by atoms with Crippen LogP contribution in [-0.4, -0.2) is 39.0 Å². The molecule has 0 fully saturated rings. The number of nitrogens with one attached hydrogen (secondary N) is 1. The molecular weight excluding hydrogens is 302 g/mol. The summed E-state index contributed by atoms with van der Waals surface area (Å²) in [4.78, 5) is 21.5. The minimum atomic E-state index is -4.16. The summed E-state index contributed by atoms with van der Waals surface area (Å²) in [6.07, 6.45) is 0. The van der Waals surface area contributed by atoms with E-state index in [4.69, 9.17) is 9.88 Å². The molecule has 10 heteroatoms. The first-order valence-electron chi connectivity index (χ1n) is 5.77. The van der Waals surface area contributed by atoms with Crippen LogP contribution in [0.1, 0.15) is 17.3 Å². The number of hydrogen-bond donors (Lipinski definition) is 2. The highest BCUT2D eigenvalue weighted by Gasteiger charge is 2.20. The van der Waals surface area contributed by atoms with Crippen LogP contribution in [0.5, 0.6) is 0 Å². The molecule has 0 spiro atoms. The Morgan fingerprint density at radius 1 is 1.48 bits per heavy atom. The maximum Gasteiger partial charge on any atom is 0.271 e. The number of primary sulfonamides is 1. The minimum Gasteiger partial charge on any atom is -0.383 e. The summed E-state index contributed by atoms with van der Waals surface area (Å²) in [6, 6.07) is 2.41. The number of benzene rings is 1. The first-order chi connectivity index (χ1) is 9.65. The van der Waals surface area contributed by atoms with Crippen LogP contribution in [0.25, 0.3) is 0 Å². The summed E-state index contributed by atoms with van der Waals surface area (Å²) >= 11 is 0. The fraction of sp³-hybridized carbons (Fsp3) is 0.364. The number of carbonyl (C=O) groups is 1. The zero-order chi connectivity index (χ0) is 16.2. The number of nitro benzene ring substituents is 1. The van der Waals surface area contributed by atoms with Gasteiger partial charge in [0.25, 0.3) is 11.6 Å². The SMILES string of the molecule is COCC(C)NC(=O)c1cc([N+](=O)[O-])cc(S(N)(=O)=O)c1. The van der Waals surface area contributed by atoms with Crippen molar-refractivity contribution in [1.82, 2.24) is 5.32 Å². The maximum absolute atomic E-state index is 12.0. The second kappa shape index (κ2) is 6.61. The fourth-order valence-corrected chi connectivity index (χ4v) is 2.16. The van der Waals surface area contributed by atoms with E-state index in [2.05, 4.69) is 5.32 Å². The topological polar surface area (TPSA) is 142 Å². The Morgan fingerprint density at radius 3 is 2.57 bits per heavy atom. The Morgan fingerprint density at radius 2 is 2.10 bits per heavy atom. The zero-order valence-electron chi connectivity index (χ0n) is 11.4. The molecule has 0 heterocycles. The Labute approximate surface area is 121 Å². The van der Waals surface area contributed by atoms with Crippen molar-refractivity contribution in [2.75, 3.05) is 13.7 Å². The molecule has 116 valence electrons. The molecule has 3 N–H and O–H groups in total. The van der Waals surface area contributed by atoms with Gasteiger partial charge in [0.05, 0.1) is 16.4 Å². The van der Waals surface area contributed by atoms with Crippen molar-refractivity contribution in [3.63, 3.8) is 0 Å². The third-order valence-corrected chi connectivity index (χ3v) is 3.38. The molecule has 1 unspecified atom stereocenters. The number of ether oxygens (including phenoxy) is 1. The largest absolute Gasteiger partial charge is 0.383 e. The smallest absolute Gasteiger partial charge is 0.271 e. The lowest BCUT2D eigenvalue weighted by Crippen LogP contribution is -2.35. The highest BCUT2D eigenvalue weighted by Crippen LogP contribution is 2.20. The predicted octanol–water partition coefficient (Wildman–Crippen LogP) is 0.00690. The maximum atomic E-state index is 12.0. The van der Waals surface area contributed by atoms with Crippen molar-refractivity contribution in [2.45, 2.75) is 17.9 Å². The molecule has 0 saturated carbocycles. The van der Waals surface area contributed by atoms with Crippen molar-refractivity contribution in [1.29, 1.82) is 0 Å². The van der Waals surface area contributed by atoms with Gasteiger partial charge in [0.1, 0.15) is 0 Å². The molecule has 0 aliphatic heterocycles. The van der Waals surface area contributed by atoms with E-state index in [-0.39, 0.29) is 18.2 Å². The quantitative estimate of drug-likeness (QED) is 0.559. The van der Waals surface area contributed by atoms with Crippen LogP contribution in [0.15, 0.2) is 23.1 Å². The van der Waals surface area contributed by atoms with Gasteiger partial charge in [0.15, 0.2) is 0 Å². The Balaban J connectivity index is 3.20. The first-order valence-corrected chi connectivity index (χ1v) is 7.32. The van der Waals surface area contributed by atoms with Gasteiger partial charge in [-0.1, -0.05) is 0 Å². The lowest BCUT2D eigenvalue weighted by Gasteiger charge is -2.13. The van der Waals surface area contributed by atoms with Gasteiger partial charge in [-0.15, -0.1) is 0 Å². The van der Waals surface area contributed by atoms with E-state index in [0.29, 0.717) is 0 Å². The number of hydrogen-bond acceptors (Lipinski definition) is 6. The number of nitro groups is 1. The summed E-state index contributed by atoms with van der Waals surface area (Å²) in [6.45, 7) is 1.90. The Kier molecular flexibility index (Phi) is 5.35. The van der Waals surface area contributed by atoms with Crippen LogP contribution < -0.4 is 10.5 Å². The van der Waals surface area contributed by atoms with E-state index in [0.717, 1.165) is 18.2 Å². The zero-order valence-corrected chi connectivity index (χ0v) is 12.2. The van der Waals surface area contributed by atoms with Gasteiger partial charge in [0, 0.05) is 30.8 Å². The van der Waals surface area contributed by atoms with Gasteiger partial charge in [-0.3, -0.25) is 14.9 Å². The molecule has 0 aromatic heterocycles. The molecule has 21 heavy (non-hydrogen) atoms. The van der Waals surface area contributed by atoms with Crippen LogP contribution >= 0.6 is 0 Å². The van der Waals surface area contributed by atoms with Gasteiger partial charge in [-0.2, -0.15) is 0 Å². The van der Waals surface area contributed by atoms with Crippen LogP contribution in [0.4, 0.5) is 5.69 Å². The molecule has 0 bridgehead atoms. The highest BCUT2D eigenvalue weighted by atomic mass is 32.2. The van der Waals surface area contributed by atoms with Crippen LogP contribution in [0.2, 0.25) is 0 Å². The number of non-ortho nitro benzene ring substituents is 1. The minimum absolute atomic E-state index is 0.170. The van der Waals surface area contributed by atoms with E-state index >= 15 is 0 Å². The van der Waals surface area contributed by atoms with E-state index in [9.17, 15) is 23.3 Å². The fourth-order valence-electron chi connectivity index (χ4n) is 1.58. The molecule has 9 nitrogen and oxygen atoms in total. The third-order valence-electron chi connectivity index (χ3n) is 2.49.